The molecule has 4 aromatic rings. The van der Waals surface area contributed by atoms with Gasteiger partial charge in [-0.2, -0.15) is 9.40 Å². The normalized spacial score (nSPS) is 14.9. The lowest BCUT2D eigenvalue weighted by molar-refractivity contribution is 0.222. The number of likely N-dealkylation sites (N-methyl/N-ethyl adjacent to an activating group) is 1. The molecule has 1 aliphatic heterocycles. The fourth-order valence-electron chi connectivity index (χ4n) is 5.08. The Balaban J connectivity index is 1.72. The maximum Gasteiger partial charge on any atom is 0.281 e. The molecule has 0 unspecified atom stereocenters. The van der Waals surface area contributed by atoms with Gasteiger partial charge in [-0.05, 0) is 50.2 Å². The second-order valence-corrected chi connectivity index (χ2v) is 12.3. The summed E-state index contributed by atoms with van der Waals surface area (Å²) in [6.45, 7) is 6.56. The molecule has 1 aliphatic rings. The number of pyridine rings is 1. The van der Waals surface area contributed by atoms with Gasteiger partial charge in [-0.1, -0.05) is 20.3 Å². The number of nitrogens with zero attached hydrogens (tertiary/aromatic N) is 7. The first kappa shape index (κ1) is 29.7. The molecule has 13 heteroatoms. The smallest absolute Gasteiger partial charge is 0.281 e. The highest BCUT2D eigenvalue weighted by Crippen LogP contribution is 2.34. The van der Waals surface area contributed by atoms with Crippen LogP contribution in [0.5, 0.6) is 11.5 Å². The number of rotatable bonds is 10. The van der Waals surface area contributed by atoms with Crippen LogP contribution in [0.15, 0.2) is 46.2 Å². The van der Waals surface area contributed by atoms with Gasteiger partial charge in [0, 0.05) is 39.4 Å². The van der Waals surface area contributed by atoms with Crippen LogP contribution in [0, 0.1) is 0 Å². The second kappa shape index (κ2) is 12.2. The highest BCUT2D eigenvalue weighted by molar-refractivity contribution is 7.89. The summed E-state index contributed by atoms with van der Waals surface area (Å²) in [5, 5.41) is 4.64. The van der Waals surface area contributed by atoms with Gasteiger partial charge in [0.15, 0.2) is 17.1 Å². The molecule has 0 N–H and O–H groups in total. The summed E-state index contributed by atoms with van der Waals surface area (Å²) < 4.78 is 43.4. The Bertz CT molecular complexity index is 1760. The monoisotopic (exact) mass is 595 g/mol. The average molecular weight is 596 g/mol. The maximum absolute atomic E-state index is 13.8. The molecule has 0 amide bonds. The molecule has 1 saturated heterocycles. The van der Waals surface area contributed by atoms with Crippen molar-refractivity contribution in [1.29, 1.82) is 0 Å². The van der Waals surface area contributed by atoms with Crippen molar-refractivity contribution in [2.45, 2.75) is 38.0 Å². The first-order valence-corrected chi connectivity index (χ1v) is 15.6. The van der Waals surface area contributed by atoms with E-state index in [1.54, 1.807) is 55.4 Å². The number of fused-ring (bicyclic) bond motifs is 1. The molecule has 42 heavy (non-hydrogen) atoms. The van der Waals surface area contributed by atoms with Crippen molar-refractivity contribution in [3.8, 4) is 28.7 Å². The summed E-state index contributed by atoms with van der Waals surface area (Å²) in [5.41, 5.74) is 1.38. The van der Waals surface area contributed by atoms with Gasteiger partial charge < -0.3 is 14.4 Å². The van der Waals surface area contributed by atoms with Gasteiger partial charge in [0.05, 0.1) is 29.9 Å². The number of piperazine rings is 1. The van der Waals surface area contributed by atoms with Gasteiger partial charge in [-0.3, -0.25) is 9.36 Å². The third kappa shape index (κ3) is 5.39. The van der Waals surface area contributed by atoms with E-state index in [1.165, 1.54) is 8.87 Å². The Kier molecular flexibility index (Phi) is 8.62. The Morgan fingerprint density at radius 2 is 1.74 bits per heavy atom. The van der Waals surface area contributed by atoms with E-state index in [4.69, 9.17) is 14.5 Å². The molecule has 0 saturated carbocycles. The number of methoxy groups -OCH3 is 1. The zero-order valence-corrected chi connectivity index (χ0v) is 25.5. The first-order chi connectivity index (χ1) is 20.2. The van der Waals surface area contributed by atoms with Crippen molar-refractivity contribution in [2.24, 2.45) is 7.05 Å². The van der Waals surface area contributed by atoms with E-state index in [2.05, 4.69) is 15.0 Å². The quantitative estimate of drug-likeness (QED) is 0.272. The van der Waals surface area contributed by atoms with E-state index in [-0.39, 0.29) is 16.0 Å². The molecule has 1 aromatic carbocycles. The van der Waals surface area contributed by atoms with Crippen molar-refractivity contribution in [3.05, 3.63) is 52.6 Å². The van der Waals surface area contributed by atoms with E-state index in [0.29, 0.717) is 79.1 Å². The van der Waals surface area contributed by atoms with Gasteiger partial charge in [0.1, 0.15) is 17.1 Å². The van der Waals surface area contributed by atoms with Gasteiger partial charge in [-0.25, -0.2) is 23.1 Å². The molecule has 0 atom stereocenters. The third-order valence-electron chi connectivity index (χ3n) is 7.41. The van der Waals surface area contributed by atoms with Gasteiger partial charge in [0.2, 0.25) is 10.0 Å². The van der Waals surface area contributed by atoms with E-state index < -0.39 is 10.0 Å². The molecule has 12 nitrogen and oxygen atoms in total. The summed E-state index contributed by atoms with van der Waals surface area (Å²) >= 11 is 0. The minimum atomic E-state index is -3.78. The molecule has 224 valence electrons. The minimum Gasteiger partial charge on any atom is -0.493 e. The number of aryl methyl sites for hydroxylation is 1. The Morgan fingerprint density at radius 3 is 2.43 bits per heavy atom. The van der Waals surface area contributed by atoms with Crippen molar-refractivity contribution in [3.63, 3.8) is 0 Å². The third-order valence-corrected chi connectivity index (χ3v) is 9.30. The van der Waals surface area contributed by atoms with Crippen LogP contribution >= 0.6 is 0 Å². The summed E-state index contributed by atoms with van der Waals surface area (Å²) in [4.78, 5) is 25.4. The Hall–Kier alpha value is -3.81. The number of sulfonamides is 1. The number of ether oxygens (including phenoxy) is 2. The van der Waals surface area contributed by atoms with Crippen LogP contribution in [0.4, 0.5) is 0 Å². The second-order valence-electron chi connectivity index (χ2n) is 10.3. The molecular formula is C29H37N7O5S. The predicted molar refractivity (Wildman–Crippen MR) is 160 cm³/mol. The van der Waals surface area contributed by atoms with Gasteiger partial charge in [-0.15, -0.1) is 0 Å². The van der Waals surface area contributed by atoms with Crippen LogP contribution in [-0.4, -0.2) is 88.9 Å². The van der Waals surface area contributed by atoms with Crippen molar-refractivity contribution < 1.29 is 17.9 Å². The van der Waals surface area contributed by atoms with E-state index in [1.807, 2.05) is 20.9 Å². The fraction of sp³-hybridized carbons (Fsp3) is 0.448. The number of hydrogen-bond donors (Lipinski definition) is 0. The molecular weight excluding hydrogens is 558 g/mol. The zero-order valence-electron chi connectivity index (χ0n) is 24.7. The molecule has 3 aromatic heterocycles. The van der Waals surface area contributed by atoms with Crippen LogP contribution in [0.3, 0.4) is 0 Å². The highest BCUT2D eigenvalue weighted by Gasteiger charge is 2.29. The van der Waals surface area contributed by atoms with Crippen LogP contribution in [-0.2, 0) is 23.5 Å². The van der Waals surface area contributed by atoms with Crippen LogP contribution in [0.2, 0.25) is 0 Å². The van der Waals surface area contributed by atoms with E-state index in [0.717, 1.165) is 12.8 Å². The predicted octanol–water partition coefficient (Wildman–Crippen LogP) is 2.87. The number of hydrogen-bond acceptors (Lipinski definition) is 9. The lowest BCUT2D eigenvalue weighted by Crippen LogP contribution is -2.47. The SMILES string of the molecule is CCCOc1ccc(S(=O)(=O)N2CCN(C)CC2)cc1-c1nc2c(CCC)n(-c3ncccc3OC)nc2c(=O)n1C. The number of benzene rings is 1. The van der Waals surface area contributed by atoms with Crippen molar-refractivity contribution in [1.82, 2.24) is 33.5 Å². The summed E-state index contributed by atoms with van der Waals surface area (Å²) in [5.74, 6) is 1.71. The lowest BCUT2D eigenvalue weighted by atomic mass is 10.1. The molecule has 1 fully saturated rings. The van der Waals surface area contributed by atoms with E-state index >= 15 is 0 Å². The standard InChI is InChI=1S/C29H37N7O5S/c1-6-9-22-25-26(32-36(22)28-24(40-5)10-8-13-30-28)29(37)34(4)27(31-25)21-19-20(11-12-23(21)41-18-7-2)42(38,39)35-16-14-33(3)15-17-35/h8,10-13,19H,6-7,9,14-18H2,1-5H3. The first-order valence-electron chi connectivity index (χ1n) is 14.1. The van der Waals surface area contributed by atoms with Crippen molar-refractivity contribution >= 4 is 21.1 Å². The minimum absolute atomic E-state index is 0.128. The van der Waals surface area contributed by atoms with Crippen LogP contribution in [0.1, 0.15) is 32.4 Å². The molecule has 5 rings (SSSR count). The molecule has 0 bridgehead atoms. The number of aromatic nitrogens is 5. The summed E-state index contributed by atoms with van der Waals surface area (Å²) in [6, 6.07) is 8.33. The van der Waals surface area contributed by atoms with E-state index in [9.17, 15) is 13.2 Å². The van der Waals surface area contributed by atoms with Crippen LogP contribution in [0.25, 0.3) is 28.2 Å². The maximum atomic E-state index is 13.8. The van der Waals surface area contributed by atoms with Crippen LogP contribution < -0.4 is 15.0 Å². The fourth-order valence-corrected chi connectivity index (χ4v) is 6.53. The summed E-state index contributed by atoms with van der Waals surface area (Å²) in [6.07, 6.45) is 3.74. The van der Waals surface area contributed by atoms with Gasteiger partial charge >= 0.3 is 0 Å². The Labute approximate surface area is 245 Å². The Morgan fingerprint density at radius 1 is 0.976 bits per heavy atom. The van der Waals surface area contributed by atoms with Crippen molar-refractivity contribution in [2.75, 3.05) is 46.9 Å². The molecule has 0 aliphatic carbocycles. The van der Waals surface area contributed by atoms with Gasteiger partial charge in [0.25, 0.3) is 5.56 Å². The summed E-state index contributed by atoms with van der Waals surface area (Å²) in [7, 11) is 1.36. The zero-order chi connectivity index (χ0) is 30.0. The average Bonchev–Trinajstić information content (AvgIpc) is 3.36. The topological polar surface area (TPSA) is 125 Å². The molecule has 4 heterocycles. The molecule has 0 spiro atoms. The highest BCUT2D eigenvalue weighted by atomic mass is 32.2. The molecule has 0 radical (unpaired) electrons. The lowest BCUT2D eigenvalue weighted by Gasteiger charge is -2.31. The largest absolute Gasteiger partial charge is 0.493 e.